The fraction of sp³-hybridized carbons (Fsp3) is 0.467. The summed E-state index contributed by atoms with van der Waals surface area (Å²) < 4.78 is 2.05. The monoisotopic (exact) mass is 258 g/mol. The molecule has 0 spiro atoms. The van der Waals surface area contributed by atoms with Gasteiger partial charge in [0, 0.05) is 17.3 Å². The van der Waals surface area contributed by atoms with Crippen LogP contribution in [0.1, 0.15) is 33.1 Å². The van der Waals surface area contributed by atoms with Crippen molar-refractivity contribution in [2.45, 2.75) is 39.7 Å². The first-order valence-corrected chi connectivity index (χ1v) is 6.76. The van der Waals surface area contributed by atoms with E-state index < -0.39 is 0 Å². The number of fused-ring (bicyclic) bond motifs is 1. The number of nitrogens with zero attached hydrogens (tertiary/aromatic N) is 2. The third kappa shape index (κ3) is 3.13. The molecule has 0 bridgehead atoms. The molecule has 0 aliphatic carbocycles. The topological polar surface area (TPSA) is 67.7 Å². The minimum atomic E-state index is -0.188. The quantitative estimate of drug-likeness (QED) is 0.475. The summed E-state index contributed by atoms with van der Waals surface area (Å²) in [7, 11) is 0. The normalized spacial score (nSPS) is 11.9. The van der Waals surface area contributed by atoms with E-state index in [1.807, 2.05) is 32.2 Å². The lowest BCUT2D eigenvalue weighted by Crippen LogP contribution is -2.30. The molecule has 3 N–H and O–H groups in total. The third-order valence-corrected chi connectivity index (χ3v) is 3.70. The zero-order valence-corrected chi connectivity index (χ0v) is 11.7. The molecule has 1 aromatic heterocycles. The molecule has 0 atom stereocenters. The highest BCUT2D eigenvalue weighted by atomic mass is 15.3. The van der Waals surface area contributed by atoms with Crippen molar-refractivity contribution in [3.05, 3.63) is 30.5 Å². The molecule has 0 amide bonds. The summed E-state index contributed by atoms with van der Waals surface area (Å²) in [6, 6.07) is 8.25. The van der Waals surface area contributed by atoms with Crippen molar-refractivity contribution in [2.24, 2.45) is 11.1 Å². The number of nitrogens with two attached hydrogens (primary N) is 1. The predicted molar refractivity (Wildman–Crippen MR) is 79.3 cm³/mol. The first-order chi connectivity index (χ1) is 9.00. The maximum absolute atomic E-state index is 7.54. The molecule has 0 unspecified atom stereocenters. The highest BCUT2D eigenvalue weighted by Gasteiger charge is 2.20. The largest absolute Gasteiger partial charge is 0.387 e. The Morgan fingerprint density at radius 1 is 1.32 bits per heavy atom. The second-order valence-corrected chi connectivity index (χ2v) is 5.68. The summed E-state index contributed by atoms with van der Waals surface area (Å²) in [6.07, 6.45) is 4.97. The Morgan fingerprint density at radius 2 is 2.05 bits per heavy atom. The number of unbranched alkanes of at least 4 members (excludes halogenated alkanes) is 1. The maximum Gasteiger partial charge on any atom is 0.0963 e. The van der Waals surface area contributed by atoms with Gasteiger partial charge in [0.15, 0.2) is 0 Å². The molecular weight excluding hydrogens is 236 g/mol. The Labute approximate surface area is 114 Å². The van der Waals surface area contributed by atoms with Crippen LogP contribution in [-0.4, -0.2) is 15.6 Å². The summed E-state index contributed by atoms with van der Waals surface area (Å²) in [6.45, 7) is 4.97. The fourth-order valence-electron chi connectivity index (χ4n) is 2.17. The van der Waals surface area contributed by atoms with Crippen LogP contribution in [0.15, 0.2) is 30.5 Å². The number of hydrogen-bond donors (Lipinski definition) is 2. The van der Waals surface area contributed by atoms with Crippen molar-refractivity contribution in [3.8, 4) is 0 Å². The molecular formula is C15H22N4. The van der Waals surface area contributed by atoms with Gasteiger partial charge in [-0.05, 0) is 18.9 Å². The van der Waals surface area contributed by atoms with Gasteiger partial charge in [0.25, 0.3) is 0 Å². The van der Waals surface area contributed by atoms with Crippen molar-refractivity contribution in [1.29, 1.82) is 5.41 Å². The number of benzene rings is 1. The van der Waals surface area contributed by atoms with E-state index in [0.29, 0.717) is 0 Å². The zero-order chi connectivity index (χ0) is 13.9. The van der Waals surface area contributed by atoms with Crippen molar-refractivity contribution in [3.63, 3.8) is 0 Å². The van der Waals surface area contributed by atoms with E-state index in [2.05, 4.69) is 21.9 Å². The van der Waals surface area contributed by atoms with E-state index in [9.17, 15) is 0 Å². The number of aromatic nitrogens is 2. The molecule has 4 nitrogen and oxygen atoms in total. The van der Waals surface area contributed by atoms with Crippen LogP contribution in [-0.2, 0) is 6.54 Å². The average Bonchev–Trinajstić information content (AvgIpc) is 2.78. The average molecular weight is 258 g/mol. The molecule has 2 aromatic rings. The first kappa shape index (κ1) is 13.6. The highest BCUT2D eigenvalue weighted by Crippen LogP contribution is 2.23. The van der Waals surface area contributed by atoms with E-state index >= 15 is 0 Å². The minimum Gasteiger partial charge on any atom is -0.387 e. The van der Waals surface area contributed by atoms with Crippen LogP contribution in [0.25, 0.3) is 10.9 Å². The van der Waals surface area contributed by atoms with E-state index in [1.165, 1.54) is 10.9 Å². The van der Waals surface area contributed by atoms with Gasteiger partial charge in [0.05, 0.1) is 17.5 Å². The summed E-state index contributed by atoms with van der Waals surface area (Å²) in [5.74, 6) is 0.275. The van der Waals surface area contributed by atoms with E-state index in [4.69, 9.17) is 11.1 Å². The third-order valence-electron chi connectivity index (χ3n) is 3.70. The summed E-state index contributed by atoms with van der Waals surface area (Å²) in [4.78, 5) is 0. The number of para-hydroxylation sites is 1. The smallest absolute Gasteiger partial charge is 0.0963 e. The number of aryl methyl sites for hydroxylation is 1. The molecule has 19 heavy (non-hydrogen) atoms. The van der Waals surface area contributed by atoms with Gasteiger partial charge in [0.1, 0.15) is 0 Å². The lowest BCUT2D eigenvalue weighted by molar-refractivity contribution is 0.426. The van der Waals surface area contributed by atoms with Crippen molar-refractivity contribution in [1.82, 2.24) is 9.78 Å². The molecule has 0 aliphatic heterocycles. The molecule has 0 saturated carbocycles. The Morgan fingerprint density at radius 3 is 2.79 bits per heavy atom. The van der Waals surface area contributed by atoms with Gasteiger partial charge < -0.3 is 5.73 Å². The van der Waals surface area contributed by atoms with Crippen molar-refractivity contribution < 1.29 is 0 Å². The van der Waals surface area contributed by atoms with Crippen LogP contribution < -0.4 is 5.73 Å². The summed E-state index contributed by atoms with van der Waals surface area (Å²) in [5, 5.41) is 13.1. The lowest BCUT2D eigenvalue weighted by Gasteiger charge is -2.22. The SMILES string of the molecule is CC(C)(CCCCn1ncc2ccccc21)C(=N)N. The summed E-state index contributed by atoms with van der Waals surface area (Å²) in [5.41, 5.74) is 6.59. The lowest BCUT2D eigenvalue weighted by atomic mass is 9.86. The van der Waals surface area contributed by atoms with Gasteiger partial charge in [0.2, 0.25) is 0 Å². The van der Waals surface area contributed by atoms with Crippen LogP contribution in [0.2, 0.25) is 0 Å². The summed E-state index contributed by atoms with van der Waals surface area (Å²) >= 11 is 0. The standard InChI is InChI=1S/C15H22N4/c1-15(2,14(16)17)9-5-6-10-19-13-8-4-3-7-12(13)11-18-19/h3-4,7-8,11H,5-6,9-10H2,1-2H3,(H3,16,17). The van der Waals surface area contributed by atoms with Gasteiger partial charge in [-0.15, -0.1) is 0 Å². The molecule has 0 aliphatic rings. The number of nitrogens with one attached hydrogen (secondary N) is 1. The first-order valence-electron chi connectivity index (χ1n) is 6.76. The van der Waals surface area contributed by atoms with Gasteiger partial charge in [-0.25, -0.2) is 0 Å². The van der Waals surface area contributed by atoms with Crippen LogP contribution >= 0.6 is 0 Å². The second-order valence-electron chi connectivity index (χ2n) is 5.68. The Balaban J connectivity index is 1.88. The van der Waals surface area contributed by atoms with E-state index in [0.717, 1.165) is 25.8 Å². The Kier molecular flexibility index (Phi) is 3.88. The van der Waals surface area contributed by atoms with E-state index in [1.54, 1.807) is 0 Å². The molecule has 0 radical (unpaired) electrons. The number of amidine groups is 1. The van der Waals surface area contributed by atoms with Crippen LogP contribution in [0.3, 0.4) is 0 Å². The van der Waals surface area contributed by atoms with Gasteiger partial charge in [-0.2, -0.15) is 5.10 Å². The van der Waals surface area contributed by atoms with Crippen LogP contribution in [0.5, 0.6) is 0 Å². The molecule has 2 rings (SSSR count). The Hall–Kier alpha value is -1.84. The van der Waals surface area contributed by atoms with Crippen LogP contribution in [0, 0.1) is 10.8 Å². The zero-order valence-electron chi connectivity index (χ0n) is 11.7. The molecule has 1 heterocycles. The molecule has 0 fully saturated rings. The highest BCUT2D eigenvalue weighted by molar-refractivity contribution is 5.82. The molecule has 4 heteroatoms. The number of rotatable bonds is 6. The van der Waals surface area contributed by atoms with E-state index in [-0.39, 0.29) is 11.3 Å². The van der Waals surface area contributed by atoms with Crippen LogP contribution in [0.4, 0.5) is 0 Å². The van der Waals surface area contributed by atoms with Gasteiger partial charge >= 0.3 is 0 Å². The van der Waals surface area contributed by atoms with Gasteiger partial charge in [-0.1, -0.05) is 38.5 Å². The van der Waals surface area contributed by atoms with Gasteiger partial charge in [-0.3, -0.25) is 10.1 Å². The molecule has 0 saturated heterocycles. The van der Waals surface area contributed by atoms with Crippen molar-refractivity contribution >= 4 is 16.7 Å². The maximum atomic E-state index is 7.54. The minimum absolute atomic E-state index is 0.188. The van der Waals surface area contributed by atoms with Crippen molar-refractivity contribution in [2.75, 3.05) is 0 Å². The predicted octanol–water partition coefficient (Wildman–Crippen LogP) is 3.17. The molecule has 102 valence electrons. The Bertz CT molecular complexity index is 568. The second kappa shape index (κ2) is 5.43. The molecule has 1 aromatic carbocycles. The fourth-order valence-corrected chi connectivity index (χ4v) is 2.17. The number of hydrogen-bond acceptors (Lipinski definition) is 2.